The molecule has 0 fully saturated rings. The van der Waals surface area contributed by atoms with Gasteiger partial charge in [0.1, 0.15) is 0 Å². The first-order chi connectivity index (χ1) is 9.10. The van der Waals surface area contributed by atoms with Crippen LogP contribution in [0.2, 0.25) is 0 Å². The molecule has 19 heavy (non-hydrogen) atoms. The van der Waals surface area contributed by atoms with Gasteiger partial charge in [0, 0.05) is 11.9 Å². The SMILES string of the molecule is C=C/C(=C\N=C(C)C)c1ccc2cc(C)ccc2c1. The number of allylic oxidation sites excluding steroid dienone is 2. The Balaban J connectivity index is 2.50. The quantitative estimate of drug-likeness (QED) is 0.526. The summed E-state index contributed by atoms with van der Waals surface area (Å²) in [7, 11) is 0. The molecule has 0 aliphatic heterocycles. The molecule has 0 bridgehead atoms. The third kappa shape index (κ3) is 3.19. The molecule has 1 nitrogen and oxygen atoms in total. The highest BCUT2D eigenvalue weighted by Crippen LogP contribution is 2.23. The van der Waals surface area contributed by atoms with E-state index in [1.54, 1.807) is 0 Å². The fourth-order valence-corrected chi connectivity index (χ4v) is 1.99. The summed E-state index contributed by atoms with van der Waals surface area (Å²) >= 11 is 0. The molecule has 0 aliphatic rings. The maximum atomic E-state index is 4.35. The van der Waals surface area contributed by atoms with Crippen molar-refractivity contribution in [2.24, 2.45) is 4.99 Å². The van der Waals surface area contributed by atoms with E-state index in [2.05, 4.69) is 54.9 Å². The summed E-state index contributed by atoms with van der Waals surface area (Å²) in [5.41, 5.74) is 4.52. The smallest absolute Gasteiger partial charge is 0.0345 e. The lowest BCUT2D eigenvalue weighted by atomic mass is 10.0. The summed E-state index contributed by atoms with van der Waals surface area (Å²) in [5.74, 6) is 0. The summed E-state index contributed by atoms with van der Waals surface area (Å²) < 4.78 is 0. The third-order valence-electron chi connectivity index (χ3n) is 3.01. The zero-order valence-electron chi connectivity index (χ0n) is 11.8. The summed E-state index contributed by atoms with van der Waals surface area (Å²) in [4.78, 5) is 4.35. The summed E-state index contributed by atoms with van der Waals surface area (Å²) in [6, 6.07) is 12.9. The van der Waals surface area contributed by atoms with Crippen molar-refractivity contribution >= 4 is 22.1 Å². The topological polar surface area (TPSA) is 12.4 Å². The Kier molecular flexibility index (Phi) is 3.96. The first kappa shape index (κ1) is 13.3. The van der Waals surface area contributed by atoms with E-state index in [9.17, 15) is 0 Å². The molecular formula is C18H19N. The molecule has 1 heteroatoms. The number of aliphatic imine (C=N–C) groups is 1. The molecule has 0 radical (unpaired) electrons. The summed E-state index contributed by atoms with van der Waals surface area (Å²) in [5, 5.41) is 2.51. The fourth-order valence-electron chi connectivity index (χ4n) is 1.99. The monoisotopic (exact) mass is 249 g/mol. The second-order valence-corrected chi connectivity index (χ2v) is 4.93. The number of aryl methyl sites for hydroxylation is 1. The van der Waals surface area contributed by atoms with Gasteiger partial charge in [-0.2, -0.15) is 0 Å². The Morgan fingerprint density at radius 2 is 1.74 bits per heavy atom. The molecule has 0 aliphatic carbocycles. The molecule has 0 amide bonds. The minimum absolute atomic E-state index is 1.04. The van der Waals surface area contributed by atoms with Crippen LogP contribution in [0.3, 0.4) is 0 Å². The predicted molar refractivity (Wildman–Crippen MR) is 85.6 cm³/mol. The van der Waals surface area contributed by atoms with Gasteiger partial charge in [-0.1, -0.05) is 48.6 Å². The van der Waals surface area contributed by atoms with Crippen molar-refractivity contribution in [3.63, 3.8) is 0 Å². The van der Waals surface area contributed by atoms with Crippen LogP contribution >= 0.6 is 0 Å². The van der Waals surface area contributed by atoms with Crippen molar-refractivity contribution in [1.29, 1.82) is 0 Å². The number of nitrogens with zero attached hydrogens (tertiary/aromatic N) is 1. The zero-order valence-corrected chi connectivity index (χ0v) is 11.8. The van der Waals surface area contributed by atoms with Crippen molar-refractivity contribution in [2.75, 3.05) is 0 Å². The molecule has 2 aromatic rings. The van der Waals surface area contributed by atoms with Gasteiger partial charge in [0.2, 0.25) is 0 Å². The van der Waals surface area contributed by atoms with Gasteiger partial charge < -0.3 is 0 Å². The Bertz CT molecular complexity index is 671. The minimum Gasteiger partial charge on any atom is -0.266 e. The molecule has 0 heterocycles. The molecule has 0 aromatic heterocycles. The maximum Gasteiger partial charge on any atom is 0.0345 e. The number of fused-ring (bicyclic) bond motifs is 1. The van der Waals surface area contributed by atoms with Gasteiger partial charge in [-0.3, -0.25) is 4.99 Å². The Hall–Kier alpha value is -2.15. The lowest BCUT2D eigenvalue weighted by molar-refractivity contribution is 1.49. The average Bonchev–Trinajstić information content (AvgIpc) is 2.39. The predicted octanol–water partition coefficient (Wildman–Crippen LogP) is 5.16. The molecule has 0 spiro atoms. The largest absolute Gasteiger partial charge is 0.266 e. The van der Waals surface area contributed by atoms with Crippen molar-refractivity contribution in [3.05, 3.63) is 66.4 Å². The number of hydrogen-bond acceptors (Lipinski definition) is 1. The Morgan fingerprint density at radius 3 is 2.42 bits per heavy atom. The lowest BCUT2D eigenvalue weighted by Gasteiger charge is -2.05. The van der Waals surface area contributed by atoms with Gasteiger partial charge in [0.15, 0.2) is 0 Å². The second-order valence-electron chi connectivity index (χ2n) is 4.93. The highest BCUT2D eigenvalue weighted by Gasteiger charge is 2.00. The van der Waals surface area contributed by atoms with Gasteiger partial charge >= 0.3 is 0 Å². The molecule has 0 unspecified atom stereocenters. The van der Waals surface area contributed by atoms with Crippen LogP contribution in [0.25, 0.3) is 16.3 Å². The van der Waals surface area contributed by atoms with Crippen molar-refractivity contribution in [2.45, 2.75) is 20.8 Å². The van der Waals surface area contributed by atoms with Crippen LogP contribution in [0.1, 0.15) is 25.0 Å². The van der Waals surface area contributed by atoms with Crippen LogP contribution < -0.4 is 0 Å². The van der Waals surface area contributed by atoms with Gasteiger partial charge in [-0.15, -0.1) is 0 Å². The van der Waals surface area contributed by atoms with Crippen LogP contribution in [-0.2, 0) is 0 Å². The molecule has 2 rings (SSSR count). The van der Waals surface area contributed by atoms with E-state index >= 15 is 0 Å². The number of hydrogen-bond donors (Lipinski definition) is 0. The average molecular weight is 249 g/mol. The zero-order chi connectivity index (χ0) is 13.8. The first-order valence-electron chi connectivity index (χ1n) is 6.44. The van der Waals surface area contributed by atoms with E-state index < -0.39 is 0 Å². The molecule has 0 atom stereocenters. The van der Waals surface area contributed by atoms with Crippen LogP contribution in [0.15, 0.2) is 60.2 Å². The molecule has 2 aromatic carbocycles. The van der Waals surface area contributed by atoms with Gasteiger partial charge in [-0.25, -0.2) is 0 Å². The second kappa shape index (κ2) is 5.66. The summed E-state index contributed by atoms with van der Waals surface area (Å²) in [6.07, 6.45) is 3.72. The van der Waals surface area contributed by atoms with Crippen LogP contribution in [0.5, 0.6) is 0 Å². The van der Waals surface area contributed by atoms with E-state index in [1.807, 2.05) is 26.1 Å². The van der Waals surface area contributed by atoms with E-state index in [-0.39, 0.29) is 0 Å². The molecule has 0 saturated heterocycles. The standard InChI is InChI=1S/C18H19N/c1-5-15(12-19-13(2)3)17-9-8-16-10-14(4)6-7-18(16)11-17/h5-12H,1H2,2-4H3/b15-12+. The van der Waals surface area contributed by atoms with Gasteiger partial charge in [-0.05, 0) is 48.7 Å². The first-order valence-corrected chi connectivity index (χ1v) is 6.44. The van der Waals surface area contributed by atoms with Gasteiger partial charge in [0.25, 0.3) is 0 Å². The molecule has 0 saturated carbocycles. The van der Waals surface area contributed by atoms with Crippen molar-refractivity contribution in [3.8, 4) is 0 Å². The number of benzene rings is 2. The van der Waals surface area contributed by atoms with Crippen LogP contribution in [0.4, 0.5) is 0 Å². The summed E-state index contributed by atoms with van der Waals surface area (Å²) in [6.45, 7) is 9.96. The molecule has 0 N–H and O–H groups in total. The highest BCUT2D eigenvalue weighted by atomic mass is 14.7. The van der Waals surface area contributed by atoms with Crippen molar-refractivity contribution in [1.82, 2.24) is 0 Å². The normalized spacial score (nSPS) is 11.4. The van der Waals surface area contributed by atoms with E-state index in [4.69, 9.17) is 0 Å². The lowest BCUT2D eigenvalue weighted by Crippen LogP contribution is -1.84. The highest BCUT2D eigenvalue weighted by molar-refractivity contribution is 5.89. The van der Waals surface area contributed by atoms with E-state index in [1.165, 1.54) is 16.3 Å². The molecule has 96 valence electrons. The van der Waals surface area contributed by atoms with E-state index in [0.717, 1.165) is 16.8 Å². The minimum atomic E-state index is 1.04. The molecular weight excluding hydrogens is 230 g/mol. The Morgan fingerprint density at radius 1 is 1.05 bits per heavy atom. The fraction of sp³-hybridized carbons (Fsp3) is 0.167. The van der Waals surface area contributed by atoms with Crippen LogP contribution in [-0.4, -0.2) is 5.71 Å². The number of rotatable bonds is 3. The Labute approximate surface area is 115 Å². The third-order valence-corrected chi connectivity index (χ3v) is 3.01. The van der Waals surface area contributed by atoms with Gasteiger partial charge in [0.05, 0.1) is 0 Å². The van der Waals surface area contributed by atoms with Crippen LogP contribution in [0, 0.1) is 6.92 Å². The maximum absolute atomic E-state index is 4.35. The van der Waals surface area contributed by atoms with Crippen molar-refractivity contribution < 1.29 is 0 Å². The van der Waals surface area contributed by atoms with E-state index in [0.29, 0.717) is 0 Å².